The molecule has 0 aliphatic heterocycles. The molecule has 0 amide bonds. The third-order valence-corrected chi connectivity index (χ3v) is 12.8. The van der Waals surface area contributed by atoms with Crippen LogP contribution < -0.4 is 0 Å². The summed E-state index contributed by atoms with van der Waals surface area (Å²) >= 11 is 7.53. The van der Waals surface area contributed by atoms with Crippen molar-refractivity contribution in [3.05, 3.63) is 141 Å². The Balaban J connectivity index is 1.05. The lowest BCUT2D eigenvalue weighted by atomic mass is 10.0. The first-order valence-corrected chi connectivity index (χ1v) is 22.8. The Morgan fingerprint density at radius 2 is 0.750 bits per heavy atom. The van der Waals surface area contributed by atoms with E-state index in [1.807, 2.05) is 0 Å². The van der Waals surface area contributed by atoms with E-state index in [1.54, 1.807) is 0 Å². The lowest BCUT2D eigenvalue weighted by molar-refractivity contribution is 0.607. The molecule has 2 nitrogen and oxygen atoms in total. The number of unbranched alkanes of at least 4 members (excludes halogenated alkanes) is 10. The minimum atomic E-state index is 1.10. The molecule has 6 aromatic carbocycles. The first-order chi connectivity index (χ1) is 27.5. The molecule has 0 N–H and O–H groups in total. The molecule has 8 rings (SSSR count). The Kier molecular flexibility index (Phi) is 12.4. The number of halogens is 2. The van der Waals surface area contributed by atoms with E-state index in [0.717, 1.165) is 21.8 Å². The van der Waals surface area contributed by atoms with Gasteiger partial charge in [0.25, 0.3) is 0 Å². The number of rotatable bonds is 17. The lowest BCUT2D eigenvalue weighted by Crippen LogP contribution is -1.95. The molecule has 0 radical (unpaired) electrons. The van der Waals surface area contributed by atoms with Crippen LogP contribution in [0.4, 0.5) is 0 Å². The smallest absolute Gasteiger partial charge is 0.0552 e. The van der Waals surface area contributed by atoms with Crippen LogP contribution >= 0.6 is 31.9 Å². The summed E-state index contributed by atoms with van der Waals surface area (Å²) in [6, 6.07) is 45.9. The second kappa shape index (κ2) is 18.0. The van der Waals surface area contributed by atoms with E-state index >= 15 is 0 Å². The van der Waals surface area contributed by atoms with Gasteiger partial charge in [-0.2, -0.15) is 0 Å². The number of hydrogen-bond acceptors (Lipinski definition) is 0. The molecule has 286 valence electrons. The normalized spacial score (nSPS) is 11.9. The molecule has 0 spiro atoms. The van der Waals surface area contributed by atoms with Crippen LogP contribution in [0.1, 0.15) is 102 Å². The fourth-order valence-corrected chi connectivity index (χ4v) is 9.47. The van der Waals surface area contributed by atoms with Crippen molar-refractivity contribution >= 4 is 75.5 Å². The zero-order valence-electron chi connectivity index (χ0n) is 33.1. The molecule has 0 unspecified atom stereocenters. The highest BCUT2D eigenvalue weighted by molar-refractivity contribution is 9.10. The van der Waals surface area contributed by atoms with Crippen LogP contribution in [-0.2, 0) is 12.8 Å². The molecule has 2 heterocycles. The van der Waals surface area contributed by atoms with Crippen molar-refractivity contribution in [1.29, 1.82) is 0 Å². The van der Waals surface area contributed by atoms with E-state index in [4.69, 9.17) is 0 Å². The average Bonchev–Trinajstić information content (AvgIpc) is 3.71. The number of fused-ring (bicyclic) bond motifs is 6. The summed E-state index contributed by atoms with van der Waals surface area (Å²) in [4.78, 5) is 0. The standard InChI is InChI=1S/C52H54Br2N2/c1-3-5-7-9-11-13-15-37-17-31-49-47(33-37)45-29-23-41(53)35-51(45)55(49)43-25-19-39(20-26-43)40-21-27-44(28-22-40)56-50-32-18-38(16-14-12-10-8-6-4-2)34-48(50)46-30-24-42(54)36-52(46)56/h17-36H,3-16H2,1-2H3. The second-order valence-corrected chi connectivity index (χ2v) is 17.7. The molecular formula is C52H54Br2N2. The molecule has 4 heteroatoms. The summed E-state index contributed by atoms with van der Waals surface area (Å²) in [5, 5.41) is 5.28. The van der Waals surface area contributed by atoms with E-state index in [2.05, 4.69) is 176 Å². The summed E-state index contributed by atoms with van der Waals surface area (Å²) in [7, 11) is 0. The third kappa shape index (κ3) is 8.29. The molecule has 8 aromatic rings. The predicted molar refractivity (Wildman–Crippen MR) is 250 cm³/mol. The van der Waals surface area contributed by atoms with E-state index in [9.17, 15) is 0 Å². The van der Waals surface area contributed by atoms with Gasteiger partial charge in [0.1, 0.15) is 0 Å². The Morgan fingerprint density at radius 1 is 0.357 bits per heavy atom. The quantitative estimate of drug-likeness (QED) is 0.0807. The van der Waals surface area contributed by atoms with E-state index in [0.29, 0.717) is 0 Å². The van der Waals surface area contributed by atoms with Crippen LogP contribution in [0.5, 0.6) is 0 Å². The highest BCUT2D eigenvalue weighted by atomic mass is 79.9. The summed E-state index contributed by atoms with van der Waals surface area (Å²) < 4.78 is 7.05. The van der Waals surface area contributed by atoms with Crippen molar-refractivity contribution in [2.24, 2.45) is 0 Å². The largest absolute Gasteiger partial charge is 0.309 e. The van der Waals surface area contributed by atoms with Gasteiger partial charge in [0.2, 0.25) is 0 Å². The van der Waals surface area contributed by atoms with Gasteiger partial charge in [-0.05, 0) is 121 Å². The number of benzene rings is 6. The molecule has 0 saturated carbocycles. The lowest BCUT2D eigenvalue weighted by Gasteiger charge is -2.12. The molecule has 0 fully saturated rings. The Morgan fingerprint density at radius 3 is 1.16 bits per heavy atom. The van der Waals surface area contributed by atoms with Gasteiger partial charge in [0.15, 0.2) is 0 Å². The monoisotopic (exact) mass is 864 g/mol. The number of aryl methyl sites for hydroxylation is 2. The maximum absolute atomic E-state index is 3.77. The van der Waals surface area contributed by atoms with Gasteiger partial charge in [0, 0.05) is 41.9 Å². The highest BCUT2D eigenvalue weighted by Gasteiger charge is 2.16. The molecule has 0 atom stereocenters. The van der Waals surface area contributed by atoms with Crippen LogP contribution in [0.15, 0.2) is 130 Å². The topological polar surface area (TPSA) is 9.86 Å². The molecule has 0 aliphatic carbocycles. The zero-order chi connectivity index (χ0) is 38.4. The van der Waals surface area contributed by atoms with Crippen molar-refractivity contribution in [2.75, 3.05) is 0 Å². The summed E-state index contributed by atoms with van der Waals surface area (Å²) in [6.07, 6.45) is 18.2. The van der Waals surface area contributed by atoms with Crippen molar-refractivity contribution in [3.8, 4) is 22.5 Å². The first-order valence-electron chi connectivity index (χ1n) is 21.2. The first kappa shape index (κ1) is 38.7. The Hall–Kier alpha value is -4.12. The van der Waals surface area contributed by atoms with E-state index in [1.165, 1.54) is 154 Å². The van der Waals surface area contributed by atoms with E-state index in [-0.39, 0.29) is 0 Å². The average molecular weight is 867 g/mol. The molecule has 0 saturated heterocycles. The molecular weight excluding hydrogens is 812 g/mol. The van der Waals surface area contributed by atoms with Crippen molar-refractivity contribution in [1.82, 2.24) is 9.13 Å². The predicted octanol–water partition coefficient (Wildman–Crippen LogP) is 16.9. The van der Waals surface area contributed by atoms with Crippen molar-refractivity contribution in [3.63, 3.8) is 0 Å². The number of aromatic nitrogens is 2. The maximum Gasteiger partial charge on any atom is 0.0552 e. The van der Waals surface area contributed by atoms with Gasteiger partial charge >= 0.3 is 0 Å². The van der Waals surface area contributed by atoms with Crippen LogP contribution in [0.2, 0.25) is 0 Å². The van der Waals surface area contributed by atoms with Crippen LogP contribution in [0.25, 0.3) is 66.1 Å². The van der Waals surface area contributed by atoms with Gasteiger partial charge in [-0.25, -0.2) is 0 Å². The molecule has 56 heavy (non-hydrogen) atoms. The van der Waals surface area contributed by atoms with E-state index < -0.39 is 0 Å². The van der Waals surface area contributed by atoms with Gasteiger partial charge in [-0.15, -0.1) is 0 Å². The molecule has 0 aliphatic rings. The van der Waals surface area contributed by atoms with Gasteiger partial charge < -0.3 is 9.13 Å². The van der Waals surface area contributed by atoms with Crippen LogP contribution in [-0.4, -0.2) is 9.13 Å². The van der Waals surface area contributed by atoms with Gasteiger partial charge in [-0.3, -0.25) is 0 Å². The van der Waals surface area contributed by atoms with Crippen LogP contribution in [0, 0.1) is 0 Å². The fraction of sp³-hybridized carbons (Fsp3) is 0.308. The third-order valence-electron chi connectivity index (χ3n) is 11.8. The minimum Gasteiger partial charge on any atom is -0.309 e. The van der Waals surface area contributed by atoms with Crippen molar-refractivity contribution < 1.29 is 0 Å². The highest BCUT2D eigenvalue weighted by Crippen LogP contribution is 2.37. The summed E-state index contributed by atoms with van der Waals surface area (Å²) in [5.74, 6) is 0. The molecule has 0 bridgehead atoms. The van der Waals surface area contributed by atoms with Gasteiger partial charge in [-0.1, -0.05) is 158 Å². The SMILES string of the molecule is CCCCCCCCc1ccc2c(c1)c1ccc(Br)cc1n2-c1ccc(-c2ccc(-n3c4ccc(CCCCCCCC)cc4c4ccc(Br)cc43)cc2)cc1. The van der Waals surface area contributed by atoms with Crippen molar-refractivity contribution in [2.45, 2.75) is 104 Å². The zero-order valence-corrected chi connectivity index (χ0v) is 36.3. The second-order valence-electron chi connectivity index (χ2n) is 15.8. The maximum atomic E-state index is 3.77. The number of hydrogen-bond donors (Lipinski definition) is 0. The van der Waals surface area contributed by atoms with Crippen LogP contribution in [0.3, 0.4) is 0 Å². The molecule has 2 aromatic heterocycles. The Bertz CT molecular complexity index is 2390. The Labute approximate surface area is 350 Å². The number of nitrogens with zero attached hydrogens (tertiary/aromatic N) is 2. The summed E-state index contributed by atoms with van der Waals surface area (Å²) in [6.45, 7) is 4.57. The minimum absolute atomic E-state index is 1.10. The van der Waals surface area contributed by atoms with Gasteiger partial charge in [0.05, 0.1) is 22.1 Å². The fourth-order valence-electron chi connectivity index (χ4n) is 8.77. The summed E-state index contributed by atoms with van der Waals surface area (Å²) in [5.41, 5.74) is 12.7.